The van der Waals surface area contributed by atoms with Gasteiger partial charge in [0.1, 0.15) is 0 Å². The molecular weight excluding hydrogens is 728 g/mol. The molecule has 8 aromatic carbocycles. The average Bonchev–Trinajstić information content (AvgIpc) is 3.30. The van der Waals surface area contributed by atoms with Gasteiger partial charge in [-0.2, -0.15) is 0 Å². The van der Waals surface area contributed by atoms with Gasteiger partial charge in [0.05, 0.1) is 16.7 Å². The second kappa shape index (κ2) is 12.6. The summed E-state index contributed by atoms with van der Waals surface area (Å²) < 4.78 is 16.2. The van der Waals surface area contributed by atoms with Crippen LogP contribution in [-0.2, 0) is 4.57 Å². The first-order valence-corrected chi connectivity index (χ1v) is 21.1. The normalized spacial score (nSPS) is 12.2. The molecule has 0 fully saturated rings. The highest BCUT2D eigenvalue weighted by atomic mass is 31.2. The maximum atomic E-state index is 16.2. The molecule has 0 spiro atoms. The Balaban J connectivity index is 1.15. The Morgan fingerprint density at radius 3 is 1.50 bits per heavy atom. The van der Waals surface area contributed by atoms with Crippen LogP contribution in [-0.4, -0.2) is 19.9 Å². The molecule has 0 saturated carbocycles. The lowest BCUT2D eigenvalue weighted by Crippen LogP contribution is -2.26. The Kier molecular flexibility index (Phi) is 7.14. The average molecular weight is 759 g/mol. The molecule has 0 amide bonds. The number of fused-ring (bicyclic) bond motifs is 5. The van der Waals surface area contributed by atoms with E-state index in [2.05, 4.69) is 137 Å². The Labute approximate surface area is 333 Å². The third-order valence-corrected chi connectivity index (χ3v) is 15.1. The maximum Gasteiger partial charge on any atom is 0.172 e. The quantitative estimate of drug-likeness (QED) is 0.0993. The van der Waals surface area contributed by atoms with Crippen LogP contribution in [0.15, 0.2) is 189 Å². The predicted octanol–water partition coefficient (Wildman–Crippen LogP) is 11.8. The van der Waals surface area contributed by atoms with Gasteiger partial charge < -0.3 is 4.57 Å². The number of pyridine rings is 4. The van der Waals surface area contributed by atoms with Gasteiger partial charge in [-0.1, -0.05) is 121 Å². The van der Waals surface area contributed by atoms with Crippen molar-refractivity contribution in [3.8, 4) is 22.4 Å². The fraction of sp³-hybridized carbons (Fsp3) is 0. The van der Waals surface area contributed by atoms with E-state index in [1.165, 1.54) is 26.9 Å². The van der Waals surface area contributed by atoms with Crippen molar-refractivity contribution in [2.75, 3.05) is 0 Å². The first-order chi connectivity index (χ1) is 28.7. The molecule has 0 aliphatic rings. The summed E-state index contributed by atoms with van der Waals surface area (Å²) in [6, 6.07) is 55.0. The summed E-state index contributed by atoms with van der Waals surface area (Å²) >= 11 is 0. The van der Waals surface area contributed by atoms with Crippen LogP contribution < -0.4 is 15.9 Å². The van der Waals surface area contributed by atoms with E-state index in [1.807, 2.05) is 36.5 Å². The summed E-state index contributed by atoms with van der Waals surface area (Å²) in [6.07, 6.45) is 8.76. The van der Waals surface area contributed by atoms with E-state index in [4.69, 9.17) is 9.97 Å². The molecule has 0 unspecified atom stereocenters. The van der Waals surface area contributed by atoms with Crippen molar-refractivity contribution >= 4 is 98.7 Å². The fourth-order valence-corrected chi connectivity index (χ4v) is 12.4. The molecule has 12 rings (SSSR count). The largest absolute Gasteiger partial charge is 0.309 e. The molecule has 5 nitrogen and oxygen atoms in total. The van der Waals surface area contributed by atoms with Crippen LogP contribution in [0.3, 0.4) is 0 Å². The van der Waals surface area contributed by atoms with Gasteiger partial charge in [-0.15, -0.1) is 0 Å². The van der Waals surface area contributed by atoms with E-state index in [0.29, 0.717) is 0 Å². The van der Waals surface area contributed by atoms with Crippen molar-refractivity contribution in [2.24, 2.45) is 0 Å². The monoisotopic (exact) mass is 758 g/mol. The first-order valence-electron chi connectivity index (χ1n) is 19.4. The van der Waals surface area contributed by atoms with E-state index in [0.717, 1.165) is 87.0 Å². The Bertz CT molecular complexity index is 3560. The smallest absolute Gasteiger partial charge is 0.172 e. The van der Waals surface area contributed by atoms with Crippen LogP contribution >= 0.6 is 7.14 Å². The lowest BCUT2D eigenvalue weighted by Gasteiger charge is -2.25. The second-order valence-corrected chi connectivity index (χ2v) is 17.6. The molecule has 0 atom stereocenters. The van der Waals surface area contributed by atoms with Crippen LogP contribution in [0.4, 0.5) is 0 Å². The van der Waals surface area contributed by atoms with Crippen molar-refractivity contribution in [3.05, 3.63) is 189 Å². The van der Waals surface area contributed by atoms with Gasteiger partial charge in [0.25, 0.3) is 0 Å². The zero-order chi connectivity index (χ0) is 38.4. The van der Waals surface area contributed by atoms with Crippen molar-refractivity contribution in [1.29, 1.82) is 0 Å². The van der Waals surface area contributed by atoms with Gasteiger partial charge in [-0.05, 0) is 101 Å². The van der Waals surface area contributed by atoms with E-state index < -0.39 is 7.14 Å². The van der Waals surface area contributed by atoms with Crippen LogP contribution in [0.2, 0.25) is 0 Å². The van der Waals surface area contributed by atoms with Crippen molar-refractivity contribution < 1.29 is 4.57 Å². The molecular formula is C52H31N4OP. The van der Waals surface area contributed by atoms with Crippen LogP contribution in [0, 0.1) is 0 Å². The van der Waals surface area contributed by atoms with Gasteiger partial charge in [0.15, 0.2) is 7.14 Å². The lowest BCUT2D eigenvalue weighted by molar-refractivity contribution is 0.592. The van der Waals surface area contributed by atoms with Gasteiger partial charge in [-0.25, -0.2) is 4.98 Å². The first kappa shape index (κ1) is 32.9. The molecule has 6 heteroatoms. The van der Waals surface area contributed by atoms with E-state index in [1.54, 1.807) is 24.8 Å². The topological polar surface area (TPSA) is 68.6 Å². The number of hydrogen-bond donors (Lipinski definition) is 0. The zero-order valence-electron chi connectivity index (χ0n) is 31.0. The molecule has 0 bridgehead atoms. The highest BCUT2D eigenvalue weighted by Gasteiger charge is 2.34. The Morgan fingerprint density at radius 2 is 0.879 bits per heavy atom. The molecule has 0 radical (unpaired) electrons. The summed E-state index contributed by atoms with van der Waals surface area (Å²) in [4.78, 5) is 18.6. The van der Waals surface area contributed by atoms with E-state index in [-0.39, 0.29) is 0 Å². The SMILES string of the molecule is O=P(c1ccncc1)(c1ccncc1)c1c2ccccc2c(-c2ccc3ccc4c(-c5ccc6ccc7cccnc7c6n5)ccc5ccc2c3c54)c2ccccc12. The standard InChI is InChI=1S/C52H31N4OP/c57-58(36-23-28-53-29-24-36,37-25-30-54-31-26-37)52-44-9-3-1-7-39(44)49(40-8-2-4-10-45(40)52)43-21-16-33-14-19-41-38(18-13-32-15-20-42(43)48(33)47(32)41)46-22-17-35-12-11-34-6-5-27-55-50(34)51(35)56-46/h1-31H. The van der Waals surface area contributed by atoms with Gasteiger partial charge >= 0.3 is 0 Å². The zero-order valence-corrected chi connectivity index (χ0v) is 31.9. The second-order valence-electron chi connectivity index (χ2n) is 14.9. The van der Waals surface area contributed by atoms with Crippen LogP contribution in [0.1, 0.15) is 0 Å². The number of hydrogen-bond acceptors (Lipinski definition) is 5. The molecule has 4 aromatic heterocycles. The number of aromatic nitrogens is 4. The molecule has 0 N–H and O–H groups in total. The summed E-state index contributed by atoms with van der Waals surface area (Å²) in [6.45, 7) is 0. The van der Waals surface area contributed by atoms with Crippen molar-refractivity contribution in [1.82, 2.24) is 19.9 Å². The minimum Gasteiger partial charge on any atom is -0.309 e. The number of rotatable bonds is 5. The van der Waals surface area contributed by atoms with Gasteiger partial charge in [0, 0.05) is 63.2 Å². The third-order valence-electron chi connectivity index (χ3n) is 11.9. The predicted molar refractivity (Wildman–Crippen MR) is 242 cm³/mol. The minimum atomic E-state index is -3.43. The summed E-state index contributed by atoms with van der Waals surface area (Å²) in [5.74, 6) is 0. The molecule has 0 aliphatic heterocycles. The third kappa shape index (κ3) is 4.68. The van der Waals surface area contributed by atoms with Gasteiger partial charge in [0.2, 0.25) is 0 Å². The van der Waals surface area contributed by atoms with E-state index >= 15 is 4.57 Å². The lowest BCUT2D eigenvalue weighted by atomic mass is 9.85. The molecule has 0 saturated heterocycles. The van der Waals surface area contributed by atoms with E-state index in [9.17, 15) is 0 Å². The molecule has 58 heavy (non-hydrogen) atoms. The van der Waals surface area contributed by atoms with Crippen molar-refractivity contribution in [3.63, 3.8) is 0 Å². The molecule has 0 aliphatic carbocycles. The van der Waals surface area contributed by atoms with Gasteiger partial charge in [-0.3, -0.25) is 15.0 Å². The highest BCUT2D eigenvalue weighted by molar-refractivity contribution is 7.86. The highest BCUT2D eigenvalue weighted by Crippen LogP contribution is 2.50. The molecule has 4 heterocycles. The number of nitrogens with zero attached hydrogens (tertiary/aromatic N) is 4. The fourth-order valence-electron chi connectivity index (χ4n) is 9.37. The van der Waals surface area contributed by atoms with Crippen molar-refractivity contribution in [2.45, 2.75) is 0 Å². The molecule has 270 valence electrons. The Hall–Kier alpha value is -7.33. The van der Waals surface area contributed by atoms with Crippen LogP contribution in [0.25, 0.3) is 98.1 Å². The summed E-state index contributed by atoms with van der Waals surface area (Å²) in [7, 11) is -3.43. The number of benzene rings is 8. The van der Waals surface area contributed by atoms with Crippen LogP contribution in [0.5, 0.6) is 0 Å². The minimum absolute atomic E-state index is 0.737. The summed E-state index contributed by atoms with van der Waals surface area (Å²) in [5, 5.41) is 15.6. The maximum absolute atomic E-state index is 16.2. The molecule has 12 aromatic rings. The Morgan fingerprint density at radius 1 is 0.379 bits per heavy atom. The summed E-state index contributed by atoms with van der Waals surface area (Å²) in [5.41, 5.74) is 6.08.